The van der Waals surface area contributed by atoms with Crippen LogP contribution in [0.4, 0.5) is 0 Å². The van der Waals surface area contributed by atoms with Crippen molar-refractivity contribution in [2.24, 2.45) is 0 Å². The Labute approximate surface area is 80.9 Å². The van der Waals surface area contributed by atoms with Crippen molar-refractivity contribution in [1.82, 2.24) is 0 Å². The van der Waals surface area contributed by atoms with Gasteiger partial charge in [-0.05, 0) is 17.7 Å². The molecule has 0 heterocycles. The van der Waals surface area contributed by atoms with Crippen molar-refractivity contribution in [3.05, 3.63) is 34.3 Å². The van der Waals surface area contributed by atoms with E-state index in [1.807, 2.05) is 31.2 Å². The van der Waals surface area contributed by atoms with E-state index in [1.165, 1.54) is 0 Å². The van der Waals surface area contributed by atoms with Gasteiger partial charge in [-0.25, -0.2) is 0 Å². The fourth-order valence-corrected chi connectivity index (χ4v) is 1.22. The van der Waals surface area contributed by atoms with Crippen molar-refractivity contribution in [3.63, 3.8) is 0 Å². The Kier molecular flexibility index (Phi) is 3.48. The SMILES string of the molecule is CCC(=O)Cc1ccc(Br)cc1. The molecule has 0 saturated carbocycles. The van der Waals surface area contributed by atoms with E-state index in [-0.39, 0.29) is 5.78 Å². The van der Waals surface area contributed by atoms with Crippen molar-refractivity contribution in [3.8, 4) is 0 Å². The normalized spacial score (nSPS) is 9.83. The standard InChI is InChI=1S/C10H11BrO/c1-2-10(12)7-8-3-5-9(11)6-4-8/h3-6H,2,7H2,1H3. The molecule has 0 saturated heterocycles. The molecule has 0 aliphatic rings. The molecule has 12 heavy (non-hydrogen) atoms. The Morgan fingerprint density at radius 1 is 1.33 bits per heavy atom. The van der Waals surface area contributed by atoms with E-state index in [1.54, 1.807) is 0 Å². The minimum atomic E-state index is 0.289. The third-order valence-corrected chi connectivity index (χ3v) is 2.24. The highest BCUT2D eigenvalue weighted by Gasteiger charge is 1.99. The Morgan fingerprint density at radius 2 is 1.92 bits per heavy atom. The topological polar surface area (TPSA) is 17.1 Å². The minimum Gasteiger partial charge on any atom is -0.299 e. The van der Waals surface area contributed by atoms with Gasteiger partial charge in [0, 0.05) is 17.3 Å². The predicted molar refractivity (Wildman–Crippen MR) is 53.1 cm³/mol. The number of rotatable bonds is 3. The largest absolute Gasteiger partial charge is 0.299 e. The summed E-state index contributed by atoms with van der Waals surface area (Å²) in [5.74, 6) is 0.289. The number of hydrogen-bond acceptors (Lipinski definition) is 1. The summed E-state index contributed by atoms with van der Waals surface area (Å²) in [6, 6.07) is 7.85. The van der Waals surface area contributed by atoms with Crippen molar-refractivity contribution in [2.75, 3.05) is 0 Å². The molecule has 0 fully saturated rings. The highest BCUT2D eigenvalue weighted by Crippen LogP contribution is 2.11. The van der Waals surface area contributed by atoms with Gasteiger partial charge in [-0.1, -0.05) is 35.0 Å². The molecule has 0 unspecified atom stereocenters. The lowest BCUT2D eigenvalue weighted by Gasteiger charge is -1.98. The van der Waals surface area contributed by atoms with Gasteiger partial charge in [0.05, 0.1) is 0 Å². The van der Waals surface area contributed by atoms with E-state index >= 15 is 0 Å². The van der Waals surface area contributed by atoms with E-state index in [0.717, 1.165) is 10.0 Å². The molecule has 0 bridgehead atoms. The summed E-state index contributed by atoms with van der Waals surface area (Å²) in [6.07, 6.45) is 1.18. The van der Waals surface area contributed by atoms with Crippen LogP contribution in [0.5, 0.6) is 0 Å². The molecular formula is C10H11BrO. The molecule has 0 radical (unpaired) electrons. The molecule has 0 N–H and O–H groups in total. The Balaban J connectivity index is 2.64. The lowest BCUT2D eigenvalue weighted by atomic mass is 10.1. The van der Waals surface area contributed by atoms with E-state index in [2.05, 4.69) is 15.9 Å². The first-order valence-electron chi connectivity index (χ1n) is 3.98. The molecule has 1 nitrogen and oxygen atoms in total. The second kappa shape index (κ2) is 4.41. The van der Waals surface area contributed by atoms with Gasteiger partial charge in [0.15, 0.2) is 0 Å². The maximum atomic E-state index is 11.1. The zero-order valence-corrected chi connectivity index (χ0v) is 8.60. The summed E-state index contributed by atoms with van der Waals surface area (Å²) in [5, 5.41) is 0. The minimum absolute atomic E-state index is 0.289. The molecule has 64 valence electrons. The van der Waals surface area contributed by atoms with Crippen LogP contribution in [-0.2, 0) is 11.2 Å². The first kappa shape index (κ1) is 9.46. The molecule has 1 rings (SSSR count). The van der Waals surface area contributed by atoms with Crippen LogP contribution < -0.4 is 0 Å². The second-order valence-corrected chi connectivity index (χ2v) is 3.61. The van der Waals surface area contributed by atoms with Crippen LogP contribution in [0.2, 0.25) is 0 Å². The van der Waals surface area contributed by atoms with Gasteiger partial charge in [-0.2, -0.15) is 0 Å². The molecule has 0 spiro atoms. The van der Waals surface area contributed by atoms with Crippen molar-refractivity contribution >= 4 is 21.7 Å². The third-order valence-electron chi connectivity index (χ3n) is 1.71. The van der Waals surface area contributed by atoms with E-state index in [9.17, 15) is 4.79 Å². The zero-order chi connectivity index (χ0) is 8.97. The van der Waals surface area contributed by atoms with Crippen molar-refractivity contribution < 1.29 is 4.79 Å². The number of halogens is 1. The summed E-state index contributed by atoms with van der Waals surface area (Å²) in [4.78, 5) is 11.1. The number of hydrogen-bond donors (Lipinski definition) is 0. The fourth-order valence-electron chi connectivity index (χ4n) is 0.955. The summed E-state index contributed by atoms with van der Waals surface area (Å²) in [5.41, 5.74) is 1.09. The Bertz CT molecular complexity index is 264. The predicted octanol–water partition coefficient (Wildman–Crippen LogP) is 2.97. The maximum Gasteiger partial charge on any atom is 0.136 e. The van der Waals surface area contributed by atoms with Crippen LogP contribution in [0, 0.1) is 0 Å². The fraction of sp³-hybridized carbons (Fsp3) is 0.300. The summed E-state index contributed by atoms with van der Waals surface area (Å²) < 4.78 is 1.05. The number of Topliss-reactive ketones (excluding diaryl/α,β-unsaturated/α-hetero) is 1. The first-order chi connectivity index (χ1) is 5.72. The maximum absolute atomic E-state index is 11.1. The highest BCUT2D eigenvalue weighted by molar-refractivity contribution is 9.10. The highest BCUT2D eigenvalue weighted by atomic mass is 79.9. The Hall–Kier alpha value is -0.630. The summed E-state index contributed by atoms with van der Waals surface area (Å²) in [7, 11) is 0. The summed E-state index contributed by atoms with van der Waals surface area (Å²) >= 11 is 3.34. The molecule has 1 aromatic rings. The van der Waals surface area contributed by atoms with Crippen LogP contribution in [0.1, 0.15) is 18.9 Å². The second-order valence-electron chi connectivity index (χ2n) is 2.70. The van der Waals surface area contributed by atoms with Gasteiger partial charge in [0.25, 0.3) is 0 Å². The zero-order valence-electron chi connectivity index (χ0n) is 7.01. The van der Waals surface area contributed by atoms with Gasteiger partial charge in [0.2, 0.25) is 0 Å². The van der Waals surface area contributed by atoms with Crippen LogP contribution in [0.3, 0.4) is 0 Å². The van der Waals surface area contributed by atoms with Gasteiger partial charge >= 0.3 is 0 Å². The number of carbonyl (C=O) groups is 1. The molecule has 0 atom stereocenters. The lowest BCUT2D eigenvalue weighted by molar-refractivity contribution is -0.118. The molecule has 1 aromatic carbocycles. The Morgan fingerprint density at radius 3 is 2.42 bits per heavy atom. The average Bonchev–Trinajstić information content (AvgIpc) is 2.09. The van der Waals surface area contributed by atoms with Crippen LogP contribution in [0.15, 0.2) is 28.7 Å². The van der Waals surface area contributed by atoms with Gasteiger partial charge in [0.1, 0.15) is 5.78 Å². The number of ketones is 1. The number of benzene rings is 1. The summed E-state index contributed by atoms with van der Waals surface area (Å²) in [6.45, 7) is 1.89. The van der Waals surface area contributed by atoms with E-state index in [4.69, 9.17) is 0 Å². The molecular weight excluding hydrogens is 216 g/mol. The first-order valence-corrected chi connectivity index (χ1v) is 4.78. The van der Waals surface area contributed by atoms with Crippen LogP contribution in [-0.4, -0.2) is 5.78 Å². The van der Waals surface area contributed by atoms with Crippen molar-refractivity contribution in [2.45, 2.75) is 19.8 Å². The molecule has 0 aliphatic carbocycles. The number of carbonyl (C=O) groups excluding carboxylic acids is 1. The monoisotopic (exact) mass is 226 g/mol. The quantitative estimate of drug-likeness (QED) is 0.775. The molecule has 0 amide bonds. The molecule has 0 aliphatic heterocycles. The lowest BCUT2D eigenvalue weighted by Crippen LogP contribution is -1.99. The van der Waals surface area contributed by atoms with Crippen molar-refractivity contribution in [1.29, 1.82) is 0 Å². The molecule has 0 aromatic heterocycles. The van der Waals surface area contributed by atoms with E-state index in [0.29, 0.717) is 12.8 Å². The van der Waals surface area contributed by atoms with Crippen LogP contribution in [0.25, 0.3) is 0 Å². The van der Waals surface area contributed by atoms with Gasteiger partial charge < -0.3 is 0 Å². The van der Waals surface area contributed by atoms with Gasteiger partial charge in [-0.3, -0.25) is 4.79 Å². The van der Waals surface area contributed by atoms with E-state index < -0.39 is 0 Å². The third kappa shape index (κ3) is 2.78. The van der Waals surface area contributed by atoms with Gasteiger partial charge in [-0.15, -0.1) is 0 Å². The average molecular weight is 227 g/mol. The molecule has 2 heteroatoms. The van der Waals surface area contributed by atoms with Crippen LogP contribution >= 0.6 is 15.9 Å². The smallest absolute Gasteiger partial charge is 0.136 e.